The van der Waals surface area contributed by atoms with Crippen LogP contribution in [0.5, 0.6) is 0 Å². The molecule has 0 bridgehead atoms. The Morgan fingerprint density at radius 1 is 1.42 bits per heavy atom. The number of nitrogens with zero attached hydrogens (tertiary/aromatic N) is 2. The number of halogens is 2. The zero-order valence-corrected chi connectivity index (χ0v) is 12.4. The summed E-state index contributed by atoms with van der Waals surface area (Å²) < 4.78 is 0.867. The lowest BCUT2D eigenvalue weighted by Crippen LogP contribution is -1.99. The van der Waals surface area contributed by atoms with Crippen LogP contribution >= 0.6 is 27.5 Å². The van der Waals surface area contributed by atoms with Crippen molar-refractivity contribution in [3.05, 3.63) is 45.0 Å². The number of aromatic nitrogens is 1. The lowest BCUT2D eigenvalue weighted by molar-refractivity contribution is 1.25. The number of nitrogens with one attached hydrogen (secondary N) is 1. The summed E-state index contributed by atoms with van der Waals surface area (Å²) in [6.07, 6.45) is 0. The van der Waals surface area contributed by atoms with E-state index in [-0.39, 0.29) is 5.69 Å². The number of hydrogen-bond acceptors (Lipinski definition) is 4. The number of anilines is 3. The fraction of sp³-hybridized carbons (Fsp3) is 0.0769. The summed E-state index contributed by atoms with van der Waals surface area (Å²) in [5.41, 5.74) is 7.92. The van der Waals surface area contributed by atoms with Gasteiger partial charge in [0, 0.05) is 9.50 Å². The van der Waals surface area contributed by atoms with E-state index in [0.29, 0.717) is 16.5 Å². The van der Waals surface area contributed by atoms with Crippen molar-refractivity contribution in [2.24, 2.45) is 0 Å². The molecule has 1 aromatic heterocycles. The van der Waals surface area contributed by atoms with E-state index in [1.54, 1.807) is 18.2 Å². The third-order valence-corrected chi connectivity index (χ3v) is 3.61. The van der Waals surface area contributed by atoms with Crippen LogP contribution in [0.4, 0.5) is 17.2 Å². The Morgan fingerprint density at radius 2 is 2.16 bits per heavy atom. The minimum absolute atomic E-state index is 0.194. The summed E-state index contributed by atoms with van der Waals surface area (Å²) in [5.74, 6) is 0.534. The molecule has 6 heteroatoms. The lowest BCUT2D eigenvalue weighted by atomic mass is 10.2. The fourth-order valence-corrected chi connectivity index (χ4v) is 2.23. The van der Waals surface area contributed by atoms with Crippen LogP contribution in [0.1, 0.15) is 11.3 Å². The Morgan fingerprint density at radius 3 is 2.84 bits per heavy atom. The van der Waals surface area contributed by atoms with E-state index in [2.05, 4.69) is 26.2 Å². The number of nitrogens with two attached hydrogens (primary N) is 1. The summed E-state index contributed by atoms with van der Waals surface area (Å²) in [5, 5.41) is 12.6. The van der Waals surface area contributed by atoms with Crippen molar-refractivity contribution in [2.75, 3.05) is 11.1 Å². The molecule has 0 saturated heterocycles. The van der Waals surface area contributed by atoms with Crippen molar-refractivity contribution >= 4 is 44.7 Å². The van der Waals surface area contributed by atoms with Gasteiger partial charge in [-0.1, -0.05) is 11.6 Å². The largest absolute Gasteiger partial charge is 0.396 e. The molecule has 3 N–H and O–H groups in total. The van der Waals surface area contributed by atoms with E-state index >= 15 is 0 Å². The van der Waals surface area contributed by atoms with E-state index in [1.165, 1.54) is 0 Å². The average Bonchev–Trinajstić information content (AvgIpc) is 2.38. The van der Waals surface area contributed by atoms with Gasteiger partial charge in [0.05, 0.1) is 11.4 Å². The molecule has 2 aromatic rings. The topological polar surface area (TPSA) is 74.7 Å². The molecule has 0 aliphatic carbocycles. The fourth-order valence-electron chi connectivity index (χ4n) is 1.51. The van der Waals surface area contributed by atoms with Crippen LogP contribution < -0.4 is 11.1 Å². The van der Waals surface area contributed by atoms with Crippen LogP contribution in [0.15, 0.2) is 28.7 Å². The van der Waals surface area contributed by atoms with E-state index in [1.807, 2.05) is 19.1 Å². The van der Waals surface area contributed by atoms with Crippen LogP contribution in [0.2, 0.25) is 5.02 Å². The van der Waals surface area contributed by atoms with Crippen molar-refractivity contribution in [1.29, 1.82) is 5.26 Å². The van der Waals surface area contributed by atoms with Crippen molar-refractivity contribution in [3.8, 4) is 6.07 Å². The second kappa shape index (κ2) is 5.47. The molecule has 0 atom stereocenters. The maximum Gasteiger partial charge on any atom is 0.165 e. The predicted octanol–water partition coefficient (Wildman–Crippen LogP) is 4.00. The molecule has 19 heavy (non-hydrogen) atoms. The first-order valence-corrected chi connectivity index (χ1v) is 6.57. The van der Waals surface area contributed by atoms with Gasteiger partial charge in [0.25, 0.3) is 0 Å². The number of hydrogen-bond donors (Lipinski definition) is 2. The number of aryl methyl sites for hydroxylation is 1. The minimum Gasteiger partial charge on any atom is -0.396 e. The summed E-state index contributed by atoms with van der Waals surface area (Å²) in [6.45, 7) is 1.92. The number of pyridine rings is 1. The van der Waals surface area contributed by atoms with E-state index in [9.17, 15) is 0 Å². The quantitative estimate of drug-likeness (QED) is 0.868. The Kier molecular flexibility index (Phi) is 3.93. The van der Waals surface area contributed by atoms with Gasteiger partial charge >= 0.3 is 0 Å². The third-order valence-electron chi connectivity index (χ3n) is 2.54. The normalized spacial score (nSPS) is 10.0. The molecule has 0 spiro atoms. The predicted molar refractivity (Wildman–Crippen MR) is 80.5 cm³/mol. The Hall–Kier alpha value is -1.77. The summed E-state index contributed by atoms with van der Waals surface area (Å²) in [4.78, 5) is 4.12. The lowest BCUT2D eigenvalue weighted by Gasteiger charge is -2.10. The SMILES string of the molecule is Cc1cc(Br)c(Nc2ccc(N)c(C#N)n2)cc1Cl. The second-order valence-corrected chi connectivity index (χ2v) is 5.21. The average molecular weight is 338 g/mol. The smallest absolute Gasteiger partial charge is 0.165 e. The van der Waals surface area contributed by atoms with Crippen LogP contribution in [0.3, 0.4) is 0 Å². The molecule has 0 aliphatic heterocycles. The first-order chi connectivity index (χ1) is 9.01. The molecule has 0 saturated carbocycles. The zero-order valence-electron chi connectivity index (χ0n) is 10.0. The van der Waals surface area contributed by atoms with Gasteiger partial charge in [0.15, 0.2) is 5.69 Å². The molecule has 2 rings (SSSR count). The molecular weight excluding hydrogens is 328 g/mol. The Balaban J connectivity index is 2.37. The van der Waals surface area contributed by atoms with Gasteiger partial charge in [-0.05, 0) is 52.7 Å². The van der Waals surface area contributed by atoms with Crippen molar-refractivity contribution < 1.29 is 0 Å². The van der Waals surface area contributed by atoms with Gasteiger partial charge in [-0.2, -0.15) is 5.26 Å². The zero-order chi connectivity index (χ0) is 14.0. The molecule has 1 aromatic carbocycles. The van der Waals surface area contributed by atoms with Gasteiger partial charge in [-0.3, -0.25) is 0 Å². The first-order valence-electron chi connectivity index (χ1n) is 5.40. The highest BCUT2D eigenvalue weighted by atomic mass is 79.9. The number of nitrogen functional groups attached to an aromatic ring is 1. The molecular formula is C13H10BrClN4. The molecule has 0 fully saturated rings. The van der Waals surface area contributed by atoms with Gasteiger partial charge < -0.3 is 11.1 Å². The maximum absolute atomic E-state index is 8.89. The molecule has 0 amide bonds. The Labute approximate surface area is 124 Å². The van der Waals surface area contributed by atoms with Crippen LogP contribution in [-0.4, -0.2) is 4.98 Å². The van der Waals surface area contributed by atoms with Crippen molar-refractivity contribution in [1.82, 2.24) is 4.98 Å². The monoisotopic (exact) mass is 336 g/mol. The van der Waals surface area contributed by atoms with Gasteiger partial charge in [0.2, 0.25) is 0 Å². The summed E-state index contributed by atoms with van der Waals surface area (Å²) in [6, 6.07) is 8.99. The maximum atomic E-state index is 8.89. The van der Waals surface area contributed by atoms with Gasteiger partial charge in [-0.25, -0.2) is 4.98 Å². The van der Waals surface area contributed by atoms with Crippen molar-refractivity contribution in [2.45, 2.75) is 6.92 Å². The first kappa shape index (κ1) is 13.7. The van der Waals surface area contributed by atoms with Crippen LogP contribution in [0.25, 0.3) is 0 Å². The van der Waals surface area contributed by atoms with Crippen LogP contribution in [0, 0.1) is 18.3 Å². The molecule has 0 unspecified atom stereocenters. The highest BCUT2D eigenvalue weighted by Crippen LogP contribution is 2.31. The van der Waals surface area contributed by atoms with E-state index in [0.717, 1.165) is 15.7 Å². The molecule has 4 nitrogen and oxygen atoms in total. The molecule has 1 heterocycles. The molecule has 96 valence electrons. The highest BCUT2D eigenvalue weighted by Gasteiger charge is 2.07. The summed E-state index contributed by atoms with van der Waals surface area (Å²) >= 11 is 9.53. The number of benzene rings is 1. The second-order valence-electron chi connectivity index (χ2n) is 3.95. The van der Waals surface area contributed by atoms with Gasteiger partial charge in [-0.15, -0.1) is 0 Å². The summed E-state index contributed by atoms with van der Waals surface area (Å²) in [7, 11) is 0. The standard InChI is InChI=1S/C13H10BrClN4/c1-7-4-8(14)11(5-9(7)15)18-13-3-2-10(17)12(6-16)19-13/h2-5H,17H2,1H3,(H,18,19). The number of rotatable bonds is 2. The van der Waals surface area contributed by atoms with Crippen molar-refractivity contribution in [3.63, 3.8) is 0 Å². The van der Waals surface area contributed by atoms with E-state index in [4.69, 9.17) is 22.6 Å². The molecule has 0 radical (unpaired) electrons. The highest BCUT2D eigenvalue weighted by molar-refractivity contribution is 9.10. The molecule has 0 aliphatic rings. The van der Waals surface area contributed by atoms with E-state index < -0.39 is 0 Å². The third kappa shape index (κ3) is 2.98. The minimum atomic E-state index is 0.194. The Bertz CT molecular complexity index is 679. The van der Waals surface area contributed by atoms with Gasteiger partial charge in [0.1, 0.15) is 11.9 Å². The van der Waals surface area contributed by atoms with Crippen LogP contribution in [-0.2, 0) is 0 Å². The number of nitriles is 1.